The second-order valence-electron chi connectivity index (χ2n) is 7.53. The van der Waals surface area contributed by atoms with Crippen LogP contribution in [0.25, 0.3) is 21.5 Å². The quantitative estimate of drug-likeness (QED) is 0.115. The number of rotatable bonds is 4. The zero-order valence-electron chi connectivity index (χ0n) is 21.6. The maximum absolute atomic E-state index is 8.24. The van der Waals surface area contributed by atoms with E-state index in [1.807, 2.05) is 84.9 Å². The van der Waals surface area contributed by atoms with E-state index in [4.69, 9.17) is 28.8 Å². The van der Waals surface area contributed by atoms with Crippen LogP contribution in [0.3, 0.4) is 0 Å². The fraction of sp³-hybridized carbons (Fsp3) is 0. The van der Waals surface area contributed by atoms with Crippen LogP contribution in [0.2, 0.25) is 0 Å². The Bertz CT molecular complexity index is 1550. The molecule has 0 aromatic heterocycles. The largest absolute Gasteiger partial charge is 3.00 e. The predicted octanol–water partition coefficient (Wildman–Crippen LogP) is 6.21. The Morgan fingerprint density at radius 3 is 1.10 bits per heavy atom. The molecule has 0 spiro atoms. The van der Waals surface area contributed by atoms with E-state index in [-0.39, 0.29) is 40.2 Å². The Balaban J connectivity index is 0. The summed E-state index contributed by atoms with van der Waals surface area (Å²) >= 11 is 0. The monoisotopic (exact) mass is 916 g/mol. The Morgan fingerprint density at radius 2 is 0.762 bits per heavy atom. The predicted molar refractivity (Wildman–Crippen MR) is 151 cm³/mol. The fourth-order valence-electron chi connectivity index (χ4n) is 3.77. The molecule has 42 heavy (non-hydrogen) atoms. The first-order valence-corrected chi connectivity index (χ1v) is 11.2. The van der Waals surface area contributed by atoms with Gasteiger partial charge in [-0.1, -0.05) is 48.5 Å². The molecule has 0 aliphatic heterocycles. The van der Waals surface area contributed by atoms with Crippen molar-refractivity contribution < 1.29 is 69.0 Å². The van der Waals surface area contributed by atoms with Gasteiger partial charge in [0.2, 0.25) is 0 Å². The molecule has 5 rings (SSSR count). The van der Waals surface area contributed by atoms with Gasteiger partial charge in [0.1, 0.15) is 0 Å². The third-order valence-corrected chi connectivity index (χ3v) is 5.48. The second-order valence-corrected chi connectivity index (χ2v) is 7.53. The van der Waals surface area contributed by atoms with E-state index < -0.39 is 0 Å². The summed E-state index contributed by atoms with van der Waals surface area (Å²) in [6, 6.07) is 31.2. The molecule has 0 fully saturated rings. The van der Waals surface area contributed by atoms with Gasteiger partial charge >= 0.3 is 85.4 Å². The van der Waals surface area contributed by atoms with Gasteiger partial charge in [0.05, 0.1) is 22.5 Å². The maximum atomic E-state index is 8.24. The zero-order valence-corrected chi connectivity index (χ0v) is 26.4. The fourth-order valence-corrected chi connectivity index (χ4v) is 3.77. The van der Waals surface area contributed by atoms with Crippen LogP contribution in [0.15, 0.2) is 107 Å². The van der Waals surface area contributed by atoms with Gasteiger partial charge in [-0.3, -0.25) is 9.98 Å². The molecular formula is C32H22Ir2N2O6+8. The minimum atomic E-state index is 0. The Morgan fingerprint density at radius 1 is 0.452 bits per heavy atom. The molecule has 5 aromatic carbocycles. The Kier molecular flexibility index (Phi) is 21.4. The molecule has 0 heterocycles. The topological polar surface area (TPSA) is 150 Å². The van der Waals surface area contributed by atoms with Crippen LogP contribution in [-0.2, 0) is 58.8 Å². The van der Waals surface area contributed by atoms with Crippen molar-refractivity contribution in [3.05, 3.63) is 135 Å². The van der Waals surface area contributed by atoms with Crippen LogP contribution in [0.5, 0.6) is 11.5 Å². The van der Waals surface area contributed by atoms with Crippen LogP contribution in [-0.4, -0.2) is 22.6 Å². The number of benzene rings is 5. The van der Waals surface area contributed by atoms with Crippen molar-refractivity contribution in [2.75, 3.05) is 0 Å². The number of aliphatic imine (C=N–C) groups is 2. The number of hydrogen-bond acceptors (Lipinski definition) is 2. The minimum absolute atomic E-state index is 0. The van der Waals surface area contributed by atoms with Crippen molar-refractivity contribution in [1.82, 2.24) is 0 Å². The first-order valence-electron chi connectivity index (χ1n) is 11.2. The molecule has 4 N–H and O–H groups in total. The molecule has 0 amide bonds. The summed E-state index contributed by atoms with van der Waals surface area (Å²) < 4.78 is 30.0. The Hall–Kier alpha value is -4.18. The number of nitrogens with zero attached hydrogens (tertiary/aromatic N) is 2. The van der Waals surface area contributed by atoms with Crippen LogP contribution < -0.4 is 0 Å². The zero-order chi connectivity index (χ0) is 29.9. The van der Waals surface area contributed by atoms with Crippen LogP contribution >= 0.6 is 0 Å². The van der Waals surface area contributed by atoms with Gasteiger partial charge < -0.3 is 10.2 Å². The van der Waals surface area contributed by atoms with Gasteiger partial charge in [-0.15, -0.1) is 0 Å². The van der Waals surface area contributed by atoms with Crippen LogP contribution in [0.4, 0.5) is 11.4 Å². The van der Waals surface area contributed by atoms with Crippen LogP contribution in [0.1, 0.15) is 11.1 Å². The Labute approximate surface area is 269 Å². The molecule has 10 heteroatoms. The first-order chi connectivity index (χ1) is 19.7. The smallest absolute Gasteiger partial charge is 0.593 e. The summed E-state index contributed by atoms with van der Waals surface area (Å²) in [5.41, 5.74) is 3.21. The van der Waals surface area contributed by atoms with Gasteiger partial charge in [0, 0.05) is 24.6 Å². The van der Waals surface area contributed by atoms with E-state index in [1.54, 1.807) is 24.6 Å². The number of hydrogen-bond donors (Lipinski definition) is 0. The molecular weight excluding hydrogens is 893 g/mol. The standard InChI is InChI=1S/C28H20N2O2.4CO.2Ir/c31-27-15-9-19-5-1-3-7-23(19)25(27)17-29-21-11-13-22(14-12-21)30-18-26-24-8-4-2-6-20(24)10-16-28(26)32;4*1-2;;/h1-18,31-32H;;;;;;/q;;;;;2*+3/p+2. The van der Waals surface area contributed by atoms with Gasteiger partial charge in [-0.05, 0) is 57.9 Å². The van der Waals surface area contributed by atoms with Crippen molar-refractivity contribution in [1.29, 1.82) is 0 Å². The molecule has 0 saturated heterocycles. The average Bonchev–Trinajstić information content (AvgIpc) is 3.04. The summed E-state index contributed by atoms with van der Waals surface area (Å²) in [6.07, 6.45) is 3.51. The minimum Gasteiger partial charge on any atom is -0.593 e. The van der Waals surface area contributed by atoms with Gasteiger partial charge in [0.25, 0.3) is 11.5 Å². The van der Waals surface area contributed by atoms with Crippen molar-refractivity contribution in [3.8, 4) is 11.5 Å². The van der Waals surface area contributed by atoms with E-state index in [2.05, 4.69) is 36.6 Å². The van der Waals surface area contributed by atoms with E-state index in [9.17, 15) is 0 Å². The molecule has 0 radical (unpaired) electrons. The normalized spacial score (nSPS) is 9.14. The molecule has 8 nitrogen and oxygen atoms in total. The molecule has 0 aliphatic carbocycles. The van der Waals surface area contributed by atoms with Crippen LogP contribution in [0, 0.1) is 26.6 Å². The number of fused-ring (bicyclic) bond motifs is 2. The van der Waals surface area contributed by atoms with E-state index >= 15 is 0 Å². The summed E-state index contributed by atoms with van der Waals surface area (Å²) in [7, 11) is 0. The first kappa shape index (κ1) is 40.0. The maximum Gasteiger partial charge on any atom is 3.00 e. The molecule has 0 bridgehead atoms. The molecule has 0 unspecified atom stereocenters. The van der Waals surface area contributed by atoms with E-state index in [0.717, 1.165) is 44.0 Å². The summed E-state index contributed by atoms with van der Waals surface area (Å²) in [6.45, 7) is 18.0. The van der Waals surface area contributed by atoms with Gasteiger partial charge in [-0.2, -0.15) is 0 Å². The summed E-state index contributed by atoms with van der Waals surface area (Å²) in [5.74, 6) is 0.907. The third-order valence-electron chi connectivity index (χ3n) is 5.48. The molecule has 0 aliphatic rings. The van der Waals surface area contributed by atoms with Crippen molar-refractivity contribution in [2.24, 2.45) is 9.98 Å². The average molecular weight is 915 g/mol. The molecule has 5 aromatic rings. The van der Waals surface area contributed by atoms with Crippen molar-refractivity contribution >= 4 is 45.3 Å². The molecule has 0 atom stereocenters. The van der Waals surface area contributed by atoms with Crippen molar-refractivity contribution in [3.63, 3.8) is 0 Å². The van der Waals surface area contributed by atoms with Crippen molar-refractivity contribution in [2.45, 2.75) is 0 Å². The summed E-state index contributed by atoms with van der Waals surface area (Å²) in [5, 5.41) is 20.7. The second kappa shape index (κ2) is 22.5. The molecule has 206 valence electrons. The van der Waals surface area contributed by atoms with E-state index in [0.29, 0.717) is 11.5 Å². The third kappa shape index (κ3) is 10.7. The van der Waals surface area contributed by atoms with Gasteiger partial charge in [0.15, 0.2) is 0 Å². The summed E-state index contributed by atoms with van der Waals surface area (Å²) in [4.78, 5) is 9.15. The van der Waals surface area contributed by atoms with Gasteiger partial charge in [-0.25, -0.2) is 0 Å². The van der Waals surface area contributed by atoms with E-state index in [1.165, 1.54) is 0 Å². The molecule has 0 saturated carbocycles. The SMILES string of the molecule is [C-]#[O+].[C-]#[O+].[C-]#[O+].[C-]#[O+].[Ir+3].[Ir+3].[OH2+]c1ccc2ccccc2c1C=Nc1ccc(N=Cc2c([OH2+])ccc3ccccc23)cc1.